The number of aromatic nitrogens is 8. The first-order chi connectivity index (χ1) is 22.1. The summed E-state index contributed by atoms with van der Waals surface area (Å²) < 4.78 is 38.5. The van der Waals surface area contributed by atoms with Gasteiger partial charge in [0, 0.05) is 33.6 Å². The number of nitrogens with zero attached hydrogens (tertiary/aromatic N) is 7. The number of hydrogen-bond donors (Lipinski definition) is 1. The SMILES string of the molecule is CC(C)(C)c1cc(-c2cc(C(F)(F)F)[nH]n2)nc(-c2[c-]cccc2)n1.Cc1cc(-c2cc(C(C)(C)C)nc(-c3[c-]cccc3)n2)[n-]n1.[Ir+3]. The van der Waals surface area contributed by atoms with Gasteiger partial charge < -0.3 is 10.2 Å². The Hall–Kier alpha value is -4.54. The number of halogens is 3. The van der Waals surface area contributed by atoms with Gasteiger partial charge >= 0.3 is 26.3 Å². The third-order valence-electron chi connectivity index (χ3n) is 6.96. The van der Waals surface area contributed by atoms with Crippen molar-refractivity contribution in [1.29, 1.82) is 0 Å². The Kier molecular flexibility index (Phi) is 10.8. The predicted octanol–water partition coefficient (Wildman–Crippen LogP) is 8.22. The van der Waals surface area contributed by atoms with Crippen molar-refractivity contribution < 1.29 is 33.3 Å². The van der Waals surface area contributed by atoms with E-state index in [1.54, 1.807) is 18.2 Å². The second-order valence-corrected chi connectivity index (χ2v) is 13.0. The molecule has 0 aliphatic heterocycles. The van der Waals surface area contributed by atoms with Crippen LogP contribution >= 0.6 is 0 Å². The Morgan fingerprint density at radius 2 is 1.19 bits per heavy atom. The van der Waals surface area contributed by atoms with Crippen molar-refractivity contribution in [3.8, 4) is 45.6 Å². The molecule has 0 spiro atoms. The maximum atomic E-state index is 12.8. The zero-order chi connectivity index (χ0) is 34.0. The van der Waals surface area contributed by atoms with Crippen LogP contribution in [0.3, 0.4) is 0 Å². The quantitative estimate of drug-likeness (QED) is 0.179. The third kappa shape index (κ3) is 8.87. The van der Waals surface area contributed by atoms with E-state index in [1.165, 1.54) is 0 Å². The van der Waals surface area contributed by atoms with Crippen molar-refractivity contribution in [1.82, 2.24) is 40.3 Å². The van der Waals surface area contributed by atoms with E-state index in [0.29, 0.717) is 28.6 Å². The van der Waals surface area contributed by atoms with Crippen molar-refractivity contribution in [2.75, 3.05) is 0 Å². The zero-order valence-electron chi connectivity index (χ0n) is 27.5. The van der Waals surface area contributed by atoms with Gasteiger partial charge in [0.25, 0.3) is 0 Å². The summed E-state index contributed by atoms with van der Waals surface area (Å²) in [6.45, 7) is 14.3. The smallest absolute Gasteiger partial charge is 0.574 e. The Morgan fingerprint density at radius 1 is 0.667 bits per heavy atom. The van der Waals surface area contributed by atoms with Crippen molar-refractivity contribution in [3.05, 3.63) is 108 Å². The molecule has 0 unspecified atom stereocenters. The van der Waals surface area contributed by atoms with Crippen molar-refractivity contribution in [3.63, 3.8) is 0 Å². The molecule has 6 rings (SSSR count). The van der Waals surface area contributed by atoms with E-state index in [0.717, 1.165) is 34.4 Å². The number of alkyl halides is 3. The van der Waals surface area contributed by atoms with Crippen LogP contribution in [0.4, 0.5) is 13.2 Å². The van der Waals surface area contributed by atoms with Crippen LogP contribution < -0.4 is 5.10 Å². The van der Waals surface area contributed by atoms with Crippen LogP contribution in [0, 0.1) is 19.1 Å². The van der Waals surface area contributed by atoms with Crippen molar-refractivity contribution >= 4 is 0 Å². The van der Waals surface area contributed by atoms with Crippen LogP contribution in [0.5, 0.6) is 0 Å². The molecule has 0 saturated heterocycles. The van der Waals surface area contributed by atoms with E-state index < -0.39 is 11.9 Å². The summed E-state index contributed by atoms with van der Waals surface area (Å²) in [5.74, 6) is 1.07. The van der Waals surface area contributed by atoms with Gasteiger partial charge in [-0.2, -0.15) is 18.3 Å². The van der Waals surface area contributed by atoms with Gasteiger partial charge in [0.15, 0.2) is 0 Å². The number of hydrogen-bond acceptors (Lipinski definition) is 6. The topological polar surface area (TPSA) is 107 Å². The molecule has 1 N–H and O–H groups in total. The molecule has 0 saturated carbocycles. The minimum Gasteiger partial charge on any atom is -0.574 e. The minimum atomic E-state index is -4.48. The van der Waals surface area contributed by atoms with Crippen molar-refractivity contribution in [2.45, 2.75) is 65.5 Å². The molecule has 248 valence electrons. The fourth-order valence-corrected chi connectivity index (χ4v) is 4.34. The largest absolute Gasteiger partial charge is 3.00 e. The van der Waals surface area contributed by atoms with Crippen LogP contribution in [0.25, 0.3) is 45.6 Å². The predicted molar refractivity (Wildman–Crippen MR) is 174 cm³/mol. The van der Waals surface area contributed by atoms with Gasteiger partial charge in [-0.1, -0.05) is 53.3 Å². The molecule has 48 heavy (non-hydrogen) atoms. The summed E-state index contributed by atoms with van der Waals surface area (Å²) >= 11 is 0. The summed E-state index contributed by atoms with van der Waals surface area (Å²) in [7, 11) is 0. The van der Waals surface area contributed by atoms with E-state index in [9.17, 15) is 13.2 Å². The van der Waals surface area contributed by atoms with Crippen LogP contribution in [0.2, 0.25) is 0 Å². The van der Waals surface area contributed by atoms with Crippen LogP contribution in [-0.4, -0.2) is 35.2 Å². The number of aryl methyl sites for hydroxylation is 1. The third-order valence-corrected chi connectivity index (χ3v) is 6.96. The molecule has 4 aromatic heterocycles. The van der Waals surface area contributed by atoms with Gasteiger partial charge in [0.1, 0.15) is 11.4 Å². The summed E-state index contributed by atoms with van der Waals surface area (Å²) in [5.41, 5.74) is 4.87. The molecule has 0 aliphatic rings. The Labute approximate surface area is 291 Å². The van der Waals surface area contributed by atoms with E-state index >= 15 is 0 Å². The number of nitrogens with one attached hydrogen (secondary N) is 1. The first kappa shape index (κ1) is 36.3. The first-order valence-corrected chi connectivity index (χ1v) is 14.9. The van der Waals surface area contributed by atoms with Crippen LogP contribution in [-0.2, 0) is 37.1 Å². The van der Waals surface area contributed by atoms with Crippen LogP contribution in [0.15, 0.2) is 72.8 Å². The molecule has 4 heterocycles. The standard InChI is InChI=1S/C18H16F3N4.C18H18N4.Ir/c1-17(2,3)14-9-12(13-10-15(25-24-13)18(19,20)21)22-16(23-14)11-7-5-4-6-8-11;1-12-10-15(22-21-12)14-11-16(18(2,3)4)20-17(19-14)13-8-6-5-7-9-13;/h4-7,9-10H,1-3H3,(H,24,25);5-8,10-11H,1-4H3;/q-1;-2;+3. The van der Waals surface area contributed by atoms with Gasteiger partial charge in [-0.25, -0.2) is 0 Å². The maximum absolute atomic E-state index is 12.8. The number of rotatable bonds is 4. The molecule has 0 bridgehead atoms. The fourth-order valence-electron chi connectivity index (χ4n) is 4.34. The normalized spacial score (nSPS) is 11.8. The second kappa shape index (κ2) is 14.3. The zero-order valence-corrected chi connectivity index (χ0v) is 29.9. The van der Waals surface area contributed by atoms with Gasteiger partial charge in [-0.05, 0) is 25.1 Å². The molecular formula is C36H34F3IrN8. The molecule has 8 nitrogen and oxygen atoms in total. The monoisotopic (exact) mass is 828 g/mol. The Balaban J connectivity index is 0.000000214. The van der Waals surface area contributed by atoms with Gasteiger partial charge in [0.05, 0.1) is 17.3 Å². The molecule has 12 heteroatoms. The summed E-state index contributed by atoms with van der Waals surface area (Å²) in [5, 5.41) is 14.0. The van der Waals surface area contributed by atoms with E-state index in [1.807, 2.05) is 81.3 Å². The first-order valence-electron chi connectivity index (χ1n) is 14.9. The average molecular weight is 828 g/mol. The van der Waals surface area contributed by atoms with E-state index in [4.69, 9.17) is 4.98 Å². The van der Waals surface area contributed by atoms with Gasteiger partial charge in [-0.15, -0.1) is 71.8 Å². The molecule has 2 aromatic carbocycles. The molecule has 0 radical (unpaired) electrons. The Bertz CT molecular complexity index is 1960. The van der Waals surface area contributed by atoms with Gasteiger partial charge in [0.2, 0.25) is 0 Å². The summed E-state index contributed by atoms with van der Waals surface area (Å²) in [6.07, 6.45) is -4.48. The average Bonchev–Trinajstić information content (AvgIpc) is 3.71. The number of benzene rings is 2. The number of aromatic amines is 1. The summed E-state index contributed by atoms with van der Waals surface area (Å²) in [4.78, 5) is 18.3. The molecule has 0 aliphatic carbocycles. The summed E-state index contributed by atoms with van der Waals surface area (Å²) in [6, 6.07) is 27.7. The molecule has 0 fully saturated rings. The van der Waals surface area contributed by atoms with Crippen LogP contribution in [0.1, 0.15) is 64.3 Å². The van der Waals surface area contributed by atoms with Gasteiger partial charge in [-0.3, -0.25) is 25.0 Å². The molecule has 6 aromatic rings. The molecule has 0 atom stereocenters. The van der Waals surface area contributed by atoms with E-state index in [2.05, 4.69) is 63.2 Å². The Morgan fingerprint density at radius 3 is 1.60 bits per heavy atom. The number of H-pyrrole nitrogens is 1. The minimum absolute atomic E-state index is 0. The maximum Gasteiger partial charge on any atom is 3.00 e. The second-order valence-electron chi connectivity index (χ2n) is 13.0. The fraction of sp³-hybridized carbons (Fsp3) is 0.278. The molecule has 0 amide bonds. The van der Waals surface area contributed by atoms with Crippen molar-refractivity contribution in [2.24, 2.45) is 0 Å². The van der Waals surface area contributed by atoms with E-state index in [-0.39, 0.29) is 36.6 Å². The molecular weight excluding hydrogens is 794 g/mol.